The molecule has 1 atom stereocenters. The lowest BCUT2D eigenvalue weighted by atomic mass is 10.2. The van der Waals surface area contributed by atoms with E-state index in [1.165, 1.54) is 10.4 Å². The van der Waals surface area contributed by atoms with E-state index in [9.17, 15) is 5.11 Å². The first-order valence-corrected chi connectivity index (χ1v) is 7.60. The summed E-state index contributed by atoms with van der Waals surface area (Å²) in [5.41, 5.74) is 1.98. The number of aliphatic hydroxyl groups is 1. The normalized spacial score (nSPS) is 12.9. The fourth-order valence-corrected chi connectivity index (χ4v) is 3.42. The third kappa shape index (κ3) is 3.08. The molecule has 2 heterocycles. The lowest BCUT2D eigenvalue weighted by molar-refractivity contribution is 0.172. The highest BCUT2D eigenvalue weighted by atomic mass is 79.9. The van der Waals surface area contributed by atoms with Crippen molar-refractivity contribution in [3.63, 3.8) is 0 Å². The summed E-state index contributed by atoms with van der Waals surface area (Å²) in [5, 5.41) is 14.8. The Balaban J connectivity index is 2.32. The quantitative estimate of drug-likeness (QED) is 0.906. The van der Waals surface area contributed by atoms with Gasteiger partial charge in [0.1, 0.15) is 6.10 Å². The molecule has 2 aromatic heterocycles. The summed E-state index contributed by atoms with van der Waals surface area (Å²) in [6.45, 7) is 5.31. The smallest absolute Gasteiger partial charge is 0.131 e. The van der Waals surface area contributed by atoms with Crippen molar-refractivity contribution >= 4 is 27.3 Å². The van der Waals surface area contributed by atoms with E-state index < -0.39 is 6.10 Å². The van der Waals surface area contributed by atoms with Crippen LogP contribution in [0.15, 0.2) is 16.7 Å². The van der Waals surface area contributed by atoms with Gasteiger partial charge in [-0.05, 0) is 41.4 Å². The van der Waals surface area contributed by atoms with Crippen LogP contribution < -0.4 is 0 Å². The predicted molar refractivity (Wildman–Crippen MR) is 79.7 cm³/mol. The third-order valence-corrected chi connectivity index (χ3v) is 4.87. The van der Waals surface area contributed by atoms with Gasteiger partial charge in [-0.3, -0.25) is 4.68 Å². The summed E-state index contributed by atoms with van der Waals surface area (Å²) in [4.78, 5) is 2.17. The van der Waals surface area contributed by atoms with Gasteiger partial charge in [0.2, 0.25) is 0 Å². The fourth-order valence-electron chi connectivity index (χ4n) is 1.87. The van der Waals surface area contributed by atoms with Crippen LogP contribution in [0.25, 0.3) is 0 Å². The molecule has 0 spiro atoms. The van der Waals surface area contributed by atoms with Gasteiger partial charge >= 0.3 is 0 Å². The Labute approximate surface area is 125 Å². The number of aryl methyl sites for hydroxylation is 2. The van der Waals surface area contributed by atoms with E-state index in [2.05, 4.69) is 34.9 Å². The van der Waals surface area contributed by atoms with Crippen molar-refractivity contribution < 1.29 is 9.84 Å². The van der Waals surface area contributed by atoms with Crippen molar-refractivity contribution in [3.8, 4) is 0 Å². The average molecular weight is 345 g/mol. The van der Waals surface area contributed by atoms with Gasteiger partial charge in [0.25, 0.3) is 0 Å². The molecule has 0 aliphatic carbocycles. The number of ether oxygens (including phenoxy) is 1. The second-order valence-electron chi connectivity index (χ2n) is 4.38. The van der Waals surface area contributed by atoms with Gasteiger partial charge in [0.15, 0.2) is 0 Å². The monoisotopic (exact) mass is 344 g/mol. The molecule has 19 heavy (non-hydrogen) atoms. The SMILES string of the molecule is COCCn1ncc(Br)c1C(O)c1cc(C)c(C)s1. The number of thiophene rings is 1. The topological polar surface area (TPSA) is 47.3 Å². The van der Waals surface area contributed by atoms with Gasteiger partial charge < -0.3 is 9.84 Å². The van der Waals surface area contributed by atoms with Gasteiger partial charge in [0.05, 0.1) is 29.5 Å². The Morgan fingerprint density at radius 3 is 2.84 bits per heavy atom. The first kappa shape index (κ1) is 14.7. The molecule has 0 bridgehead atoms. The van der Waals surface area contributed by atoms with Crippen LogP contribution in [0.4, 0.5) is 0 Å². The molecule has 0 aromatic carbocycles. The predicted octanol–water partition coefficient (Wildman–Crippen LogP) is 3.05. The molecule has 0 saturated heterocycles. The highest BCUT2D eigenvalue weighted by Crippen LogP contribution is 2.33. The maximum atomic E-state index is 10.6. The molecular formula is C13H17BrN2O2S. The van der Waals surface area contributed by atoms with Crippen LogP contribution >= 0.6 is 27.3 Å². The Hall–Kier alpha value is -0.690. The first-order chi connectivity index (χ1) is 9.04. The molecule has 2 aromatic rings. The highest BCUT2D eigenvalue weighted by molar-refractivity contribution is 9.10. The van der Waals surface area contributed by atoms with E-state index in [1.807, 2.05) is 6.07 Å². The summed E-state index contributed by atoms with van der Waals surface area (Å²) in [7, 11) is 1.65. The van der Waals surface area contributed by atoms with Gasteiger partial charge in [-0.2, -0.15) is 5.10 Å². The Morgan fingerprint density at radius 1 is 1.53 bits per heavy atom. The molecule has 6 heteroatoms. The summed E-state index contributed by atoms with van der Waals surface area (Å²) >= 11 is 5.07. The number of halogens is 1. The zero-order valence-electron chi connectivity index (χ0n) is 11.2. The van der Waals surface area contributed by atoms with Crippen molar-refractivity contribution in [2.24, 2.45) is 0 Å². The summed E-state index contributed by atoms with van der Waals surface area (Å²) < 4.78 is 7.66. The molecule has 0 aliphatic heterocycles. The van der Waals surface area contributed by atoms with Gasteiger partial charge in [0, 0.05) is 16.9 Å². The van der Waals surface area contributed by atoms with Crippen LogP contribution in [0.1, 0.15) is 27.1 Å². The lowest BCUT2D eigenvalue weighted by Crippen LogP contribution is -2.13. The second kappa shape index (κ2) is 6.17. The van der Waals surface area contributed by atoms with E-state index in [4.69, 9.17) is 4.74 Å². The minimum atomic E-state index is -0.661. The molecular weight excluding hydrogens is 328 g/mol. The van der Waals surface area contributed by atoms with Crippen LogP contribution in [0.5, 0.6) is 0 Å². The molecule has 0 amide bonds. The Bertz CT molecular complexity index is 545. The molecule has 1 N–H and O–H groups in total. The fraction of sp³-hybridized carbons (Fsp3) is 0.462. The van der Waals surface area contributed by atoms with Crippen molar-refractivity contribution in [1.29, 1.82) is 0 Å². The van der Waals surface area contributed by atoms with E-state index in [0.717, 1.165) is 15.0 Å². The number of hydrogen-bond donors (Lipinski definition) is 1. The van der Waals surface area contributed by atoms with Crippen LogP contribution in [-0.4, -0.2) is 28.6 Å². The molecule has 0 aliphatic rings. The van der Waals surface area contributed by atoms with E-state index in [1.54, 1.807) is 29.3 Å². The minimum absolute atomic E-state index is 0.566. The van der Waals surface area contributed by atoms with Crippen LogP contribution in [0.3, 0.4) is 0 Å². The number of aromatic nitrogens is 2. The van der Waals surface area contributed by atoms with Crippen LogP contribution in [0, 0.1) is 13.8 Å². The molecule has 0 fully saturated rings. The van der Waals surface area contributed by atoms with Crippen molar-refractivity contribution in [3.05, 3.63) is 37.7 Å². The Morgan fingerprint density at radius 2 is 2.26 bits per heavy atom. The lowest BCUT2D eigenvalue weighted by Gasteiger charge is -2.12. The van der Waals surface area contributed by atoms with Crippen LogP contribution in [-0.2, 0) is 11.3 Å². The number of hydrogen-bond acceptors (Lipinski definition) is 4. The zero-order chi connectivity index (χ0) is 14.0. The molecule has 104 valence electrons. The maximum Gasteiger partial charge on any atom is 0.131 e. The molecule has 0 saturated carbocycles. The number of aliphatic hydroxyl groups excluding tert-OH is 1. The Kier molecular flexibility index (Phi) is 4.78. The molecule has 1 unspecified atom stereocenters. The maximum absolute atomic E-state index is 10.6. The number of nitrogens with zero attached hydrogens (tertiary/aromatic N) is 2. The van der Waals surface area contributed by atoms with E-state index in [0.29, 0.717) is 13.2 Å². The number of methoxy groups -OCH3 is 1. The first-order valence-electron chi connectivity index (χ1n) is 5.99. The number of rotatable bonds is 5. The minimum Gasteiger partial charge on any atom is -0.383 e. The summed E-state index contributed by atoms with van der Waals surface area (Å²) in [6.07, 6.45) is 1.05. The zero-order valence-corrected chi connectivity index (χ0v) is 13.6. The molecule has 0 radical (unpaired) electrons. The van der Waals surface area contributed by atoms with Crippen molar-refractivity contribution in [2.45, 2.75) is 26.5 Å². The van der Waals surface area contributed by atoms with Crippen LogP contribution in [0.2, 0.25) is 0 Å². The average Bonchev–Trinajstić information content (AvgIpc) is 2.90. The summed E-state index contributed by atoms with van der Waals surface area (Å²) in [6, 6.07) is 2.03. The second-order valence-corrected chi connectivity index (χ2v) is 6.53. The highest BCUT2D eigenvalue weighted by Gasteiger charge is 2.21. The third-order valence-electron chi connectivity index (χ3n) is 3.05. The standard InChI is InChI=1S/C13H17BrN2O2S/c1-8-6-11(19-9(8)2)13(17)12-10(14)7-15-16(12)4-5-18-3/h6-7,13,17H,4-5H2,1-3H3. The molecule has 2 rings (SSSR count). The summed E-state index contributed by atoms with van der Waals surface area (Å²) in [5.74, 6) is 0. The van der Waals surface area contributed by atoms with Crippen molar-refractivity contribution in [1.82, 2.24) is 9.78 Å². The van der Waals surface area contributed by atoms with Gasteiger partial charge in [-0.1, -0.05) is 0 Å². The molecule has 4 nitrogen and oxygen atoms in total. The largest absolute Gasteiger partial charge is 0.383 e. The van der Waals surface area contributed by atoms with Gasteiger partial charge in [-0.25, -0.2) is 0 Å². The van der Waals surface area contributed by atoms with E-state index >= 15 is 0 Å². The van der Waals surface area contributed by atoms with E-state index in [-0.39, 0.29) is 0 Å². The van der Waals surface area contributed by atoms with Gasteiger partial charge in [-0.15, -0.1) is 11.3 Å². The van der Waals surface area contributed by atoms with Crippen molar-refractivity contribution in [2.75, 3.05) is 13.7 Å².